The number of nitrogens with zero attached hydrogens (tertiary/aromatic N) is 3. The molecule has 1 aromatic heterocycles. The molecule has 0 aliphatic heterocycles. The van der Waals surface area contributed by atoms with Gasteiger partial charge in [-0.2, -0.15) is 0 Å². The Kier molecular flexibility index (Phi) is 6.53. The highest BCUT2D eigenvalue weighted by atomic mass is 35.5. The number of thioether (sulfide) groups is 1. The van der Waals surface area contributed by atoms with Crippen LogP contribution in [0.15, 0.2) is 60.3 Å². The lowest BCUT2D eigenvalue weighted by Gasteiger charge is -2.09. The summed E-state index contributed by atoms with van der Waals surface area (Å²) in [6, 6.07) is 12.2. The van der Waals surface area contributed by atoms with Gasteiger partial charge in [-0.1, -0.05) is 35.5 Å². The van der Waals surface area contributed by atoms with Crippen LogP contribution in [0.3, 0.4) is 0 Å². The highest BCUT2D eigenvalue weighted by Crippen LogP contribution is 2.29. The van der Waals surface area contributed by atoms with Crippen molar-refractivity contribution in [2.45, 2.75) is 24.4 Å². The first kappa shape index (κ1) is 19.5. The maximum Gasteiger partial charge on any atom is 0.192 e. The van der Waals surface area contributed by atoms with E-state index in [4.69, 9.17) is 16.3 Å². The lowest BCUT2D eigenvalue weighted by atomic mass is 10.2. The number of aromatic nitrogens is 3. The number of hydrogen-bond donors (Lipinski definition) is 0. The van der Waals surface area contributed by atoms with E-state index in [1.54, 1.807) is 12.1 Å². The van der Waals surface area contributed by atoms with Crippen molar-refractivity contribution >= 4 is 23.4 Å². The van der Waals surface area contributed by atoms with E-state index in [-0.39, 0.29) is 5.82 Å². The van der Waals surface area contributed by atoms with Crippen molar-refractivity contribution in [3.8, 4) is 17.1 Å². The summed E-state index contributed by atoms with van der Waals surface area (Å²) in [6.45, 7) is 6.98. The quantitative estimate of drug-likeness (QED) is 0.362. The number of halogens is 2. The first-order valence-electron chi connectivity index (χ1n) is 8.46. The van der Waals surface area contributed by atoms with Crippen LogP contribution in [-0.2, 0) is 12.3 Å². The van der Waals surface area contributed by atoms with Gasteiger partial charge < -0.3 is 4.74 Å². The third-order valence-corrected chi connectivity index (χ3v) is 5.19. The minimum Gasteiger partial charge on any atom is -0.494 e. The van der Waals surface area contributed by atoms with E-state index < -0.39 is 0 Å². The maximum absolute atomic E-state index is 13.2. The van der Waals surface area contributed by atoms with Crippen LogP contribution in [0.25, 0.3) is 11.4 Å². The lowest BCUT2D eigenvalue weighted by Crippen LogP contribution is -2.01. The van der Waals surface area contributed by atoms with Crippen molar-refractivity contribution < 1.29 is 9.13 Å². The topological polar surface area (TPSA) is 39.9 Å². The Morgan fingerprint density at radius 1 is 1.22 bits per heavy atom. The third kappa shape index (κ3) is 4.70. The second kappa shape index (κ2) is 9.06. The van der Waals surface area contributed by atoms with Crippen molar-refractivity contribution in [3.05, 3.63) is 71.5 Å². The third-order valence-electron chi connectivity index (χ3n) is 3.82. The molecule has 0 aliphatic carbocycles. The fraction of sp³-hybridized carbons (Fsp3) is 0.200. The number of benzene rings is 2. The van der Waals surface area contributed by atoms with Crippen LogP contribution < -0.4 is 4.74 Å². The van der Waals surface area contributed by atoms with E-state index in [2.05, 4.69) is 16.8 Å². The van der Waals surface area contributed by atoms with Crippen LogP contribution in [0.1, 0.15) is 12.5 Å². The largest absolute Gasteiger partial charge is 0.494 e. The van der Waals surface area contributed by atoms with Gasteiger partial charge in [0.25, 0.3) is 0 Å². The van der Waals surface area contributed by atoms with E-state index in [1.165, 1.54) is 23.9 Å². The van der Waals surface area contributed by atoms with Gasteiger partial charge in [-0.15, -0.1) is 16.8 Å². The monoisotopic (exact) mass is 403 g/mol. The summed E-state index contributed by atoms with van der Waals surface area (Å²) in [6.07, 6.45) is 1.80. The van der Waals surface area contributed by atoms with E-state index in [0.29, 0.717) is 23.9 Å². The summed E-state index contributed by atoms with van der Waals surface area (Å²) in [5, 5.41) is 9.81. The molecule has 0 amide bonds. The molecule has 0 atom stereocenters. The fourth-order valence-electron chi connectivity index (χ4n) is 2.55. The Morgan fingerprint density at radius 3 is 2.67 bits per heavy atom. The van der Waals surface area contributed by atoms with Gasteiger partial charge in [0.15, 0.2) is 11.0 Å². The minimum absolute atomic E-state index is 0.346. The number of ether oxygens (including phenoxy) is 1. The van der Waals surface area contributed by atoms with Gasteiger partial charge in [0.1, 0.15) is 11.6 Å². The first-order chi connectivity index (χ1) is 13.1. The summed E-state index contributed by atoms with van der Waals surface area (Å²) in [5.74, 6) is 1.79. The Bertz CT molecular complexity index is 927. The summed E-state index contributed by atoms with van der Waals surface area (Å²) in [7, 11) is 0. The van der Waals surface area contributed by atoms with Crippen molar-refractivity contribution in [2.75, 3.05) is 6.61 Å². The molecule has 0 fully saturated rings. The van der Waals surface area contributed by atoms with Gasteiger partial charge in [-0.3, -0.25) is 4.57 Å². The van der Waals surface area contributed by atoms with Gasteiger partial charge >= 0.3 is 0 Å². The van der Waals surface area contributed by atoms with Crippen LogP contribution in [0.4, 0.5) is 4.39 Å². The molecule has 27 heavy (non-hydrogen) atoms. The number of hydrogen-bond acceptors (Lipinski definition) is 4. The number of rotatable bonds is 8. The standard InChI is InChI=1S/C20H19ClFN3OS/c1-3-11-25-19(14-6-9-17(10-7-14)26-4-2)23-24-20(25)27-13-15-5-8-16(22)12-18(15)21/h3,5-10,12H,1,4,11,13H2,2H3. The van der Waals surface area contributed by atoms with Crippen LogP contribution in [0.5, 0.6) is 5.75 Å². The zero-order valence-electron chi connectivity index (χ0n) is 14.9. The SMILES string of the molecule is C=CCn1c(SCc2ccc(F)cc2Cl)nnc1-c1ccc(OCC)cc1. The molecule has 0 unspecified atom stereocenters. The summed E-state index contributed by atoms with van der Waals surface area (Å²) < 4.78 is 20.7. The zero-order chi connectivity index (χ0) is 19.2. The van der Waals surface area contributed by atoms with E-state index >= 15 is 0 Å². The molecule has 0 bridgehead atoms. The minimum atomic E-state index is -0.346. The molecule has 0 spiro atoms. The Hall–Kier alpha value is -2.31. The van der Waals surface area contributed by atoms with Gasteiger partial charge in [0.2, 0.25) is 0 Å². The highest BCUT2D eigenvalue weighted by molar-refractivity contribution is 7.98. The van der Waals surface area contributed by atoms with Crippen LogP contribution in [0.2, 0.25) is 5.02 Å². The molecule has 4 nitrogen and oxygen atoms in total. The fourth-order valence-corrected chi connectivity index (χ4v) is 3.82. The van der Waals surface area contributed by atoms with Gasteiger partial charge in [-0.05, 0) is 48.9 Å². The Morgan fingerprint density at radius 2 is 2.00 bits per heavy atom. The molecule has 0 N–H and O–H groups in total. The molecule has 0 radical (unpaired) electrons. The Labute approximate surface area is 167 Å². The van der Waals surface area contributed by atoms with Crippen molar-refractivity contribution in [3.63, 3.8) is 0 Å². The summed E-state index contributed by atoms with van der Waals surface area (Å²) in [4.78, 5) is 0. The summed E-state index contributed by atoms with van der Waals surface area (Å²) >= 11 is 7.61. The molecule has 0 saturated carbocycles. The normalized spacial score (nSPS) is 10.8. The van der Waals surface area contributed by atoms with Gasteiger partial charge in [0.05, 0.1) is 6.61 Å². The molecule has 2 aromatic carbocycles. The molecule has 7 heteroatoms. The highest BCUT2D eigenvalue weighted by Gasteiger charge is 2.14. The molecule has 140 valence electrons. The lowest BCUT2D eigenvalue weighted by molar-refractivity contribution is 0.340. The maximum atomic E-state index is 13.2. The summed E-state index contributed by atoms with van der Waals surface area (Å²) in [5.41, 5.74) is 1.79. The van der Waals surface area contributed by atoms with Crippen molar-refractivity contribution in [1.82, 2.24) is 14.8 Å². The van der Waals surface area contributed by atoms with Crippen LogP contribution >= 0.6 is 23.4 Å². The second-order valence-electron chi connectivity index (χ2n) is 5.69. The predicted octanol–water partition coefficient (Wildman–Crippen LogP) is 5.61. The van der Waals surface area contributed by atoms with Gasteiger partial charge in [-0.25, -0.2) is 4.39 Å². The van der Waals surface area contributed by atoms with Crippen LogP contribution in [0, 0.1) is 5.82 Å². The molecule has 3 rings (SSSR count). The predicted molar refractivity (Wildman–Crippen MR) is 108 cm³/mol. The second-order valence-corrected chi connectivity index (χ2v) is 7.04. The molecule has 3 aromatic rings. The smallest absolute Gasteiger partial charge is 0.192 e. The Balaban J connectivity index is 1.83. The molecule has 1 heterocycles. The average Bonchev–Trinajstić information content (AvgIpc) is 3.05. The van der Waals surface area contributed by atoms with E-state index in [9.17, 15) is 4.39 Å². The number of allylic oxidation sites excluding steroid dienone is 1. The molecule has 0 aliphatic rings. The molecular weight excluding hydrogens is 385 g/mol. The van der Waals surface area contributed by atoms with Crippen molar-refractivity contribution in [1.29, 1.82) is 0 Å². The zero-order valence-corrected chi connectivity index (χ0v) is 16.4. The van der Waals surface area contributed by atoms with Gasteiger partial charge in [0, 0.05) is 22.9 Å². The van der Waals surface area contributed by atoms with E-state index in [0.717, 1.165) is 27.9 Å². The average molecular weight is 404 g/mol. The van der Waals surface area contributed by atoms with Crippen molar-refractivity contribution in [2.24, 2.45) is 0 Å². The molecule has 0 saturated heterocycles. The first-order valence-corrected chi connectivity index (χ1v) is 9.82. The molecular formula is C20H19ClFN3OS. The van der Waals surface area contributed by atoms with E-state index in [1.807, 2.05) is 35.8 Å². The van der Waals surface area contributed by atoms with Crippen LogP contribution in [-0.4, -0.2) is 21.4 Å².